The Balaban J connectivity index is 1.41. The van der Waals surface area contributed by atoms with E-state index < -0.39 is 35.2 Å². The van der Waals surface area contributed by atoms with Gasteiger partial charge in [0.25, 0.3) is 0 Å². The van der Waals surface area contributed by atoms with E-state index in [1.807, 2.05) is 13.0 Å². The van der Waals surface area contributed by atoms with Gasteiger partial charge < -0.3 is 24.2 Å². The molecular weight excluding hydrogens is 446 g/mol. The lowest BCUT2D eigenvalue weighted by molar-refractivity contribution is -0.176. The molecule has 2 aliphatic carbocycles. The summed E-state index contributed by atoms with van der Waals surface area (Å²) in [7, 11) is 2.06. The molecular formula is C28H29NO6. The van der Waals surface area contributed by atoms with Gasteiger partial charge in [-0.2, -0.15) is 0 Å². The molecule has 2 aromatic carbocycles. The van der Waals surface area contributed by atoms with E-state index in [0.717, 1.165) is 29.8 Å². The van der Waals surface area contributed by atoms with Gasteiger partial charge in [-0.15, -0.1) is 0 Å². The monoisotopic (exact) mass is 475 g/mol. The molecule has 2 bridgehead atoms. The molecule has 7 nitrogen and oxygen atoms in total. The first-order valence-electron chi connectivity index (χ1n) is 12.1. The minimum Gasteiger partial charge on any atom is -0.481 e. The lowest BCUT2D eigenvalue weighted by Gasteiger charge is -2.61. The van der Waals surface area contributed by atoms with Gasteiger partial charge in [0.05, 0.1) is 11.0 Å². The van der Waals surface area contributed by atoms with E-state index in [1.54, 1.807) is 30.3 Å². The molecule has 0 amide bonds. The third kappa shape index (κ3) is 2.98. The van der Waals surface area contributed by atoms with Gasteiger partial charge in [-0.3, -0.25) is 4.79 Å². The predicted octanol–water partition coefficient (Wildman–Crippen LogP) is 3.12. The molecule has 6 rings (SSSR count). The molecule has 7 heteroatoms. The number of rotatable bonds is 4. The minimum absolute atomic E-state index is 0.0601. The van der Waals surface area contributed by atoms with Crippen LogP contribution >= 0.6 is 0 Å². The largest absolute Gasteiger partial charge is 0.481 e. The maximum absolute atomic E-state index is 13.4. The second-order valence-corrected chi connectivity index (χ2v) is 10.2. The lowest BCUT2D eigenvalue weighted by Crippen LogP contribution is -2.74. The summed E-state index contributed by atoms with van der Waals surface area (Å²) in [5.41, 5.74) is 2.04. The highest BCUT2D eigenvalue weighted by Gasteiger charge is 2.71. The number of piperidine rings is 1. The van der Waals surface area contributed by atoms with Crippen LogP contribution in [0.5, 0.6) is 5.75 Å². The normalized spacial score (nSPS) is 31.0. The summed E-state index contributed by atoms with van der Waals surface area (Å²) in [4.78, 5) is 27.4. The number of hydrogen-bond acceptors (Lipinski definition) is 7. The van der Waals surface area contributed by atoms with E-state index in [1.165, 1.54) is 12.5 Å². The van der Waals surface area contributed by atoms with Gasteiger partial charge in [0, 0.05) is 30.5 Å². The molecule has 2 aliphatic heterocycles. The van der Waals surface area contributed by atoms with Crippen LogP contribution in [0.1, 0.15) is 48.1 Å². The van der Waals surface area contributed by atoms with Crippen molar-refractivity contribution in [1.29, 1.82) is 0 Å². The molecule has 182 valence electrons. The first kappa shape index (κ1) is 22.3. The minimum atomic E-state index is -1.19. The van der Waals surface area contributed by atoms with Crippen LogP contribution in [0.4, 0.5) is 0 Å². The number of benzene rings is 2. The van der Waals surface area contributed by atoms with Gasteiger partial charge in [0.2, 0.25) is 6.10 Å². The van der Waals surface area contributed by atoms with Crippen LogP contribution in [0.2, 0.25) is 0 Å². The standard InChI is InChI=1S/C28H29NO6/c1-16-9-10-19-15-21-28(32)12-11-20(25-27(28,13-14-29(21)3)22(19)23(16)35-25)34-26(31)24(33-17(2)30)18-7-5-4-6-8-18/h4-11,21,24-25,32H,12-15H2,1-3H3/t21-,24+,25+,27+,28-/m1/s1. The fourth-order valence-corrected chi connectivity index (χ4v) is 6.80. The molecule has 2 heterocycles. The summed E-state index contributed by atoms with van der Waals surface area (Å²) < 4.78 is 17.9. The number of carbonyl (C=O) groups excluding carboxylic acids is 2. The zero-order chi connectivity index (χ0) is 24.5. The molecule has 0 radical (unpaired) electrons. The average Bonchev–Trinajstić information content (AvgIpc) is 3.20. The van der Waals surface area contributed by atoms with E-state index in [2.05, 4.69) is 24.1 Å². The van der Waals surface area contributed by atoms with Crippen molar-refractivity contribution in [2.24, 2.45) is 0 Å². The molecule has 35 heavy (non-hydrogen) atoms. The van der Waals surface area contributed by atoms with Crippen molar-refractivity contribution in [3.05, 3.63) is 76.6 Å². The Kier molecular flexibility index (Phi) is 4.89. The van der Waals surface area contributed by atoms with E-state index in [0.29, 0.717) is 24.2 Å². The average molecular weight is 476 g/mol. The van der Waals surface area contributed by atoms with Crippen LogP contribution in [-0.4, -0.2) is 53.3 Å². The number of ether oxygens (including phenoxy) is 3. The maximum atomic E-state index is 13.4. The van der Waals surface area contributed by atoms with Crippen molar-refractivity contribution in [3.63, 3.8) is 0 Å². The summed E-state index contributed by atoms with van der Waals surface area (Å²) in [6, 6.07) is 13.0. The smallest absolute Gasteiger partial charge is 0.357 e. The topological polar surface area (TPSA) is 85.3 Å². The van der Waals surface area contributed by atoms with Crippen LogP contribution < -0.4 is 4.74 Å². The summed E-state index contributed by atoms with van der Waals surface area (Å²) in [6.07, 6.45) is 1.75. The van der Waals surface area contributed by atoms with Crippen molar-refractivity contribution < 1.29 is 28.9 Å². The number of likely N-dealkylation sites (N-methyl/N-ethyl adjacent to an activating group) is 1. The first-order chi connectivity index (χ1) is 16.8. The highest BCUT2D eigenvalue weighted by Crippen LogP contribution is 2.64. The van der Waals surface area contributed by atoms with Crippen molar-refractivity contribution in [2.75, 3.05) is 13.6 Å². The molecule has 1 fully saturated rings. The van der Waals surface area contributed by atoms with Crippen LogP contribution in [0, 0.1) is 6.92 Å². The lowest BCUT2D eigenvalue weighted by atomic mass is 9.50. The van der Waals surface area contributed by atoms with Crippen LogP contribution in [-0.2, 0) is 30.9 Å². The van der Waals surface area contributed by atoms with Gasteiger partial charge in [0.15, 0.2) is 6.10 Å². The van der Waals surface area contributed by atoms with E-state index >= 15 is 0 Å². The van der Waals surface area contributed by atoms with Gasteiger partial charge >= 0.3 is 11.9 Å². The first-order valence-corrected chi connectivity index (χ1v) is 12.1. The number of hydrogen-bond donors (Lipinski definition) is 1. The fraction of sp³-hybridized carbons (Fsp3) is 0.429. The van der Waals surface area contributed by atoms with Crippen molar-refractivity contribution in [2.45, 2.75) is 62.4 Å². The third-order valence-corrected chi connectivity index (χ3v) is 8.39. The Labute approximate surface area is 204 Å². The fourth-order valence-electron chi connectivity index (χ4n) is 6.80. The van der Waals surface area contributed by atoms with E-state index in [-0.39, 0.29) is 6.04 Å². The number of esters is 2. The molecule has 5 atom stereocenters. The Hall–Kier alpha value is -3.16. The van der Waals surface area contributed by atoms with Crippen LogP contribution in [0.25, 0.3) is 0 Å². The summed E-state index contributed by atoms with van der Waals surface area (Å²) >= 11 is 0. The van der Waals surface area contributed by atoms with Crippen molar-refractivity contribution in [3.8, 4) is 5.75 Å². The third-order valence-electron chi connectivity index (χ3n) is 8.39. The number of aliphatic hydroxyl groups is 1. The predicted molar refractivity (Wildman–Crippen MR) is 127 cm³/mol. The molecule has 2 aromatic rings. The summed E-state index contributed by atoms with van der Waals surface area (Å²) in [6.45, 7) is 4.08. The molecule has 0 unspecified atom stereocenters. The highest BCUT2D eigenvalue weighted by molar-refractivity contribution is 5.81. The SMILES string of the molecule is CC(=O)O[C@H](C(=O)OC1=CC[C@@]2(O)[C@H]3Cc4ccc(C)c5c4[C@@]2(CCN3C)[C@H]1O5)c1ccccc1. The number of aryl methyl sites for hydroxylation is 1. The summed E-state index contributed by atoms with van der Waals surface area (Å²) in [5.74, 6) is -0.0928. The Bertz CT molecular complexity index is 1260. The Morgan fingerprint density at radius 3 is 2.71 bits per heavy atom. The van der Waals surface area contributed by atoms with Gasteiger partial charge in [-0.05, 0) is 50.6 Å². The second-order valence-electron chi connectivity index (χ2n) is 10.2. The van der Waals surface area contributed by atoms with Gasteiger partial charge in [-0.25, -0.2) is 4.79 Å². The quantitative estimate of drug-likeness (QED) is 0.680. The van der Waals surface area contributed by atoms with Gasteiger partial charge in [0.1, 0.15) is 11.5 Å². The molecule has 0 aromatic heterocycles. The zero-order valence-corrected chi connectivity index (χ0v) is 20.1. The molecule has 0 saturated carbocycles. The van der Waals surface area contributed by atoms with Crippen molar-refractivity contribution >= 4 is 11.9 Å². The van der Waals surface area contributed by atoms with Crippen molar-refractivity contribution in [1.82, 2.24) is 4.90 Å². The second kappa shape index (κ2) is 7.67. The zero-order valence-electron chi connectivity index (χ0n) is 20.1. The van der Waals surface area contributed by atoms with Gasteiger partial charge in [-0.1, -0.05) is 42.5 Å². The molecule has 1 spiro atoms. The maximum Gasteiger partial charge on any atom is 0.357 e. The van der Waals surface area contributed by atoms with Crippen LogP contribution in [0.15, 0.2) is 54.3 Å². The van der Waals surface area contributed by atoms with E-state index in [4.69, 9.17) is 14.2 Å². The summed E-state index contributed by atoms with van der Waals surface area (Å²) in [5, 5.41) is 12.3. The Morgan fingerprint density at radius 1 is 1.20 bits per heavy atom. The Morgan fingerprint density at radius 2 is 1.97 bits per heavy atom. The number of nitrogens with zero attached hydrogens (tertiary/aromatic N) is 1. The number of likely N-dealkylation sites (tertiary alicyclic amines) is 1. The van der Waals surface area contributed by atoms with E-state index in [9.17, 15) is 14.7 Å². The number of carbonyl (C=O) groups is 2. The molecule has 1 saturated heterocycles. The molecule has 4 aliphatic rings. The highest BCUT2D eigenvalue weighted by atomic mass is 16.6. The van der Waals surface area contributed by atoms with Crippen LogP contribution in [0.3, 0.4) is 0 Å². The molecule has 1 N–H and O–H groups in total.